The van der Waals surface area contributed by atoms with Gasteiger partial charge in [-0.05, 0) is 81.8 Å². The number of fused-ring (bicyclic) bond motifs is 2. The van der Waals surface area contributed by atoms with Crippen LogP contribution < -0.4 is 9.26 Å². The number of aromatic nitrogens is 4. The molecule has 0 fully saturated rings. The van der Waals surface area contributed by atoms with Crippen molar-refractivity contribution in [1.82, 2.24) is 17.4 Å². The average molecular weight is 807 g/mol. The molecule has 5 aromatic rings. The molecule has 1 aromatic carbocycles. The highest BCUT2D eigenvalue weighted by Gasteiger charge is 2.58. The molecule has 0 saturated carbocycles. The fourth-order valence-electron chi connectivity index (χ4n) is 7.24. The quantitative estimate of drug-likeness (QED) is 0.104. The maximum Gasteiger partial charge on any atom is 0.317 e. The predicted molar refractivity (Wildman–Crippen MR) is 235 cm³/mol. The largest absolute Gasteiger partial charge is 0.491 e. The molecule has 8 nitrogen and oxygen atoms in total. The molecule has 1 atom stereocenters. The van der Waals surface area contributed by atoms with Gasteiger partial charge in [0.1, 0.15) is 30.1 Å². The molecule has 0 saturated heterocycles. The van der Waals surface area contributed by atoms with Crippen LogP contribution in [0.1, 0.15) is 99.8 Å². The molecule has 2 aliphatic heterocycles. The first-order chi connectivity index (χ1) is 26.7. The van der Waals surface area contributed by atoms with Crippen molar-refractivity contribution in [3.05, 3.63) is 156 Å². The first-order valence-electron chi connectivity index (χ1n) is 19.8. The molecule has 302 valence electrons. The van der Waals surface area contributed by atoms with Crippen molar-refractivity contribution in [2.75, 3.05) is 13.2 Å². The molecule has 0 amide bonds. The number of benzene rings is 1. The summed E-state index contributed by atoms with van der Waals surface area (Å²) in [5.41, 5.74) is 3.41. The Morgan fingerprint density at radius 3 is 1.44 bits per heavy atom. The van der Waals surface area contributed by atoms with Crippen LogP contribution in [0.4, 0.5) is 0 Å². The summed E-state index contributed by atoms with van der Waals surface area (Å²) in [5, 5.41) is 0. The second-order valence-corrected chi connectivity index (χ2v) is 22.6. The van der Waals surface area contributed by atoms with Gasteiger partial charge in [-0.1, -0.05) is 95.7 Å². The van der Waals surface area contributed by atoms with E-state index in [1.54, 1.807) is 0 Å². The van der Waals surface area contributed by atoms with Crippen LogP contribution in [0.3, 0.4) is 0 Å². The van der Waals surface area contributed by atoms with E-state index in [2.05, 4.69) is 169 Å². The molecule has 1 unspecified atom stereocenters. The Bertz CT molecular complexity index is 2190. The van der Waals surface area contributed by atoms with Gasteiger partial charge < -0.3 is 18.5 Å². The summed E-state index contributed by atoms with van der Waals surface area (Å²) in [4.78, 5) is 0. The molecule has 0 aliphatic carbocycles. The lowest BCUT2D eigenvalue weighted by Gasteiger charge is -2.34. The van der Waals surface area contributed by atoms with Crippen LogP contribution in [0.2, 0.25) is 0 Å². The summed E-state index contributed by atoms with van der Waals surface area (Å²) in [6.07, 6.45) is 18.8. The third-order valence-corrected chi connectivity index (χ3v) is 14.1. The third kappa shape index (κ3) is 7.80. The van der Waals surface area contributed by atoms with Crippen LogP contribution in [-0.2, 0) is 25.5 Å². The molecule has 7 rings (SSSR count). The van der Waals surface area contributed by atoms with Crippen LogP contribution in [0, 0.1) is 10.8 Å². The molecular weight excluding hydrogens is 746 g/mol. The Balaban J connectivity index is 1.57. The average Bonchev–Trinajstić information content (AvgIpc) is 3.97. The van der Waals surface area contributed by atoms with Crippen LogP contribution in [0.5, 0.6) is 11.5 Å². The second kappa shape index (κ2) is 14.8. The lowest BCUT2D eigenvalue weighted by molar-refractivity contribution is 0.171. The second-order valence-electron chi connectivity index (χ2n) is 19.3. The van der Waals surface area contributed by atoms with Gasteiger partial charge in [-0.15, -0.1) is 0 Å². The number of hydrogen-bond donors (Lipinski definition) is 0. The fraction of sp³-hybridized carbons (Fsp3) is 0.404. The number of rotatable bonds is 10. The minimum atomic E-state index is -1.45. The van der Waals surface area contributed by atoms with E-state index in [9.17, 15) is 0 Å². The van der Waals surface area contributed by atoms with Gasteiger partial charge in [0, 0.05) is 66.3 Å². The van der Waals surface area contributed by atoms with Crippen molar-refractivity contribution in [2.24, 2.45) is 10.8 Å². The van der Waals surface area contributed by atoms with Crippen molar-refractivity contribution in [1.29, 1.82) is 0 Å². The van der Waals surface area contributed by atoms with E-state index in [1.807, 2.05) is 48.5 Å². The summed E-state index contributed by atoms with van der Waals surface area (Å²) in [6.45, 7) is 32.1. The molecule has 0 N–H and O–H groups in total. The Labute approximate surface area is 342 Å². The molecule has 1 spiro atoms. The van der Waals surface area contributed by atoms with Gasteiger partial charge in [-0.2, -0.15) is 0 Å². The van der Waals surface area contributed by atoms with E-state index in [0.717, 1.165) is 50.9 Å². The highest BCUT2D eigenvalue weighted by molar-refractivity contribution is 7.49. The summed E-state index contributed by atoms with van der Waals surface area (Å²) in [5.74, 6) is 3.14. The van der Waals surface area contributed by atoms with Crippen molar-refractivity contribution in [3.8, 4) is 11.5 Å². The zero-order valence-corrected chi connectivity index (χ0v) is 37.6. The van der Waals surface area contributed by atoms with Gasteiger partial charge in [0.15, 0.2) is 11.5 Å². The minimum absolute atomic E-state index is 0.154. The first kappa shape index (κ1) is 40.8. The fourth-order valence-corrected chi connectivity index (χ4v) is 10.4. The van der Waals surface area contributed by atoms with E-state index in [4.69, 9.17) is 18.5 Å². The van der Waals surface area contributed by atoms with Gasteiger partial charge in [0.05, 0.1) is 5.56 Å². The highest BCUT2D eigenvalue weighted by Crippen LogP contribution is 2.63. The Hall–Kier alpha value is -4.38. The Morgan fingerprint density at radius 1 is 0.614 bits per heavy atom. The minimum Gasteiger partial charge on any atom is -0.491 e. The normalized spacial score (nSPS) is 17.8. The van der Waals surface area contributed by atoms with Gasteiger partial charge in [-0.25, -0.2) is 0 Å². The number of nitrogens with zero attached hydrogens (tertiary/aromatic N) is 4. The van der Waals surface area contributed by atoms with E-state index in [1.165, 1.54) is 0 Å². The number of ether oxygens (including phenoxy) is 2. The topological polar surface area (TPSA) is 56.6 Å². The number of allylic oxidation sites excluding steroid dienone is 3. The van der Waals surface area contributed by atoms with Crippen LogP contribution in [0.15, 0.2) is 139 Å². The van der Waals surface area contributed by atoms with Gasteiger partial charge >= 0.3 is 16.9 Å². The maximum atomic E-state index is 7.64. The summed E-state index contributed by atoms with van der Waals surface area (Å²) < 4.78 is 38.1. The molecule has 6 heterocycles. The van der Waals surface area contributed by atoms with Crippen molar-refractivity contribution in [3.63, 3.8) is 0 Å². The molecule has 0 radical (unpaired) electrons. The number of hydrogen-bond acceptors (Lipinski definition) is 4. The van der Waals surface area contributed by atoms with E-state index < -0.39 is 22.3 Å². The Kier molecular flexibility index (Phi) is 10.6. The summed E-state index contributed by atoms with van der Waals surface area (Å²) in [6, 6.07) is 18.7. The van der Waals surface area contributed by atoms with Crippen LogP contribution >= 0.6 is 16.9 Å². The lowest BCUT2D eigenvalue weighted by atomic mass is 9.72. The van der Waals surface area contributed by atoms with E-state index >= 15 is 0 Å². The molecular formula is C47H60N4O4P2. The van der Waals surface area contributed by atoms with Crippen molar-refractivity contribution >= 4 is 16.9 Å². The molecule has 57 heavy (non-hydrogen) atoms. The molecule has 2 aliphatic rings. The van der Waals surface area contributed by atoms with E-state index in [-0.39, 0.29) is 21.7 Å². The van der Waals surface area contributed by atoms with Crippen molar-refractivity contribution < 1.29 is 18.5 Å². The zero-order chi connectivity index (χ0) is 41.1. The summed E-state index contributed by atoms with van der Waals surface area (Å²) >= 11 is 0. The van der Waals surface area contributed by atoms with Crippen LogP contribution in [-0.4, -0.2) is 30.6 Å². The first-order valence-corrected chi connectivity index (χ1v) is 22.2. The van der Waals surface area contributed by atoms with Gasteiger partial charge in [0.2, 0.25) is 0 Å². The zero-order valence-electron chi connectivity index (χ0n) is 35.8. The smallest absolute Gasteiger partial charge is 0.317 e. The predicted octanol–water partition coefficient (Wildman–Crippen LogP) is 13.0. The molecule has 10 heteroatoms. The van der Waals surface area contributed by atoms with Crippen molar-refractivity contribution in [2.45, 2.75) is 99.3 Å². The monoisotopic (exact) mass is 806 g/mol. The molecule has 4 aromatic heterocycles. The SMILES string of the molecule is C=C(/C=C(\C1=C(OP(n2cccc2)n2cccc2)C2(CO1)COc1c(C(C)(C)C)cc(C(C)(C)C)c(OP(n3cccc3)n3cccc3)c12)C(C)(C)C)C(C)(C)C. The van der Waals surface area contributed by atoms with Crippen LogP contribution in [0.25, 0.3) is 0 Å². The standard InChI is InChI=1S/C47H60N4O4P2/c1-34(43(2,3)4)30-35(44(5,6)7)41-42(55-57(50-26-18-19-27-50)51-28-20-21-29-51)47(33-53-41)32-52-39-36(45(8,9)10)31-37(46(11,12)13)40(38(39)47)54-56(48-22-14-15-23-48)49-24-16-17-25-49/h14-31H,1,32-33H2,2-13H3/b35-30+. The Morgan fingerprint density at radius 2 is 1.04 bits per heavy atom. The highest BCUT2D eigenvalue weighted by atomic mass is 31.2. The summed E-state index contributed by atoms with van der Waals surface area (Å²) in [7, 11) is -2.85. The van der Waals surface area contributed by atoms with Gasteiger partial charge in [0.25, 0.3) is 0 Å². The van der Waals surface area contributed by atoms with E-state index in [0.29, 0.717) is 13.2 Å². The third-order valence-electron chi connectivity index (χ3n) is 10.7. The molecule has 0 bridgehead atoms. The van der Waals surface area contributed by atoms with Gasteiger partial charge in [-0.3, -0.25) is 17.4 Å². The maximum absolute atomic E-state index is 7.64. The lowest BCUT2D eigenvalue weighted by Crippen LogP contribution is -2.34.